The highest BCUT2D eigenvalue weighted by Crippen LogP contribution is 2.38. The van der Waals surface area contributed by atoms with Crippen molar-refractivity contribution in [3.8, 4) is 0 Å². The number of thiophene rings is 1. The Labute approximate surface area is 230 Å². The monoisotopic (exact) mass is 537 g/mol. The highest BCUT2D eigenvalue weighted by atomic mass is 32.1. The number of nitrogens with zero attached hydrogens (tertiary/aromatic N) is 2. The quantitative estimate of drug-likeness (QED) is 0.318. The summed E-state index contributed by atoms with van der Waals surface area (Å²) in [6.07, 6.45) is 4.59. The summed E-state index contributed by atoms with van der Waals surface area (Å²) in [7, 11) is 0. The van der Waals surface area contributed by atoms with Gasteiger partial charge in [0.25, 0.3) is 5.91 Å². The maximum absolute atomic E-state index is 13.7. The van der Waals surface area contributed by atoms with Crippen molar-refractivity contribution in [3.63, 3.8) is 0 Å². The number of benzene rings is 2. The fourth-order valence-electron chi connectivity index (χ4n) is 5.42. The molecule has 2 amide bonds. The van der Waals surface area contributed by atoms with E-state index < -0.39 is 24.0 Å². The molecule has 39 heavy (non-hydrogen) atoms. The van der Waals surface area contributed by atoms with Crippen molar-refractivity contribution in [2.24, 2.45) is 0 Å². The molecule has 0 radical (unpaired) electrons. The Balaban J connectivity index is 1.35. The molecule has 2 aromatic carbocycles. The second-order valence-electron chi connectivity index (χ2n) is 10.2. The Hall–Kier alpha value is -4.30. The first-order valence-electron chi connectivity index (χ1n) is 12.9. The normalized spacial score (nSPS) is 16.9. The van der Waals surface area contributed by atoms with Gasteiger partial charge in [0.05, 0.1) is 28.1 Å². The molecule has 0 fully saturated rings. The number of esters is 1. The number of ether oxygens (including phenoxy) is 1. The van der Waals surface area contributed by atoms with Gasteiger partial charge >= 0.3 is 5.97 Å². The van der Waals surface area contributed by atoms with Gasteiger partial charge in [-0.1, -0.05) is 36.4 Å². The van der Waals surface area contributed by atoms with Gasteiger partial charge in [-0.3, -0.25) is 14.5 Å². The first-order chi connectivity index (χ1) is 18.8. The molecule has 0 spiro atoms. The number of nitrogens with one attached hydrogen (secondary N) is 1. The average molecular weight is 538 g/mol. The van der Waals surface area contributed by atoms with E-state index in [2.05, 4.69) is 17.5 Å². The highest BCUT2D eigenvalue weighted by Gasteiger charge is 2.43. The molecule has 0 atom stereocenters. The number of rotatable bonds is 4. The third-order valence-corrected chi connectivity index (χ3v) is 8.14. The van der Waals surface area contributed by atoms with Crippen molar-refractivity contribution in [2.45, 2.75) is 38.6 Å². The second kappa shape index (κ2) is 9.78. The van der Waals surface area contributed by atoms with Crippen LogP contribution >= 0.6 is 11.3 Å². The molecule has 7 nitrogen and oxygen atoms in total. The minimum absolute atomic E-state index is 0.305. The lowest BCUT2D eigenvalue weighted by Gasteiger charge is -2.41. The van der Waals surface area contributed by atoms with Crippen molar-refractivity contribution in [2.75, 3.05) is 16.8 Å². The number of fused-ring (bicyclic) bond motifs is 3. The Bertz CT molecular complexity index is 1660. The van der Waals surface area contributed by atoms with Gasteiger partial charge < -0.3 is 10.1 Å². The van der Waals surface area contributed by atoms with Crippen LogP contribution in [0.15, 0.2) is 66.0 Å². The minimum atomic E-state index is -1.15. The predicted octanol–water partition coefficient (Wildman–Crippen LogP) is 6.09. The van der Waals surface area contributed by atoms with E-state index in [4.69, 9.17) is 9.72 Å². The lowest BCUT2D eigenvalue weighted by molar-refractivity contribution is -0.128. The fourth-order valence-corrected chi connectivity index (χ4v) is 6.10. The Morgan fingerprint density at radius 3 is 2.69 bits per heavy atom. The molecular weight excluding hydrogens is 510 g/mol. The van der Waals surface area contributed by atoms with E-state index >= 15 is 0 Å². The first-order valence-corrected chi connectivity index (χ1v) is 13.8. The molecule has 1 N–H and O–H groups in total. The van der Waals surface area contributed by atoms with Crippen LogP contribution in [0.4, 0.5) is 11.4 Å². The summed E-state index contributed by atoms with van der Waals surface area (Å²) >= 11 is 1.66. The number of hydrogen-bond donors (Lipinski definition) is 1. The van der Waals surface area contributed by atoms with E-state index in [1.165, 1.54) is 4.90 Å². The van der Waals surface area contributed by atoms with Gasteiger partial charge in [0.15, 0.2) is 6.61 Å². The first kappa shape index (κ1) is 25.0. The van der Waals surface area contributed by atoms with Gasteiger partial charge in [-0.2, -0.15) is 0 Å². The van der Waals surface area contributed by atoms with E-state index in [1.54, 1.807) is 49.4 Å². The fraction of sp³-hybridized carbons (Fsp3) is 0.226. The van der Waals surface area contributed by atoms with Crippen molar-refractivity contribution < 1.29 is 19.1 Å². The van der Waals surface area contributed by atoms with Crippen LogP contribution < -0.4 is 10.2 Å². The number of carbonyl (C=O) groups is 3. The predicted molar refractivity (Wildman–Crippen MR) is 154 cm³/mol. The van der Waals surface area contributed by atoms with E-state index in [1.807, 2.05) is 35.7 Å². The van der Waals surface area contributed by atoms with Crippen LogP contribution in [0.5, 0.6) is 0 Å². The summed E-state index contributed by atoms with van der Waals surface area (Å²) in [4.78, 5) is 47.5. The standard InChI is InChI=1S/C31H27N3O4S/c1-31(2)30(37)33-24-14-5-6-15-25(24)34(31)26(35)18-38-29(36)27-21-11-3-4-13-23(21)32-28-19(9-7-12-22(27)28)17-20-10-8-16-39-20/h3-6,8,10-11,13-17H,7,9,12,18H2,1-2H3,(H,33,37)/b19-17-. The zero-order valence-electron chi connectivity index (χ0n) is 21.7. The maximum Gasteiger partial charge on any atom is 0.339 e. The van der Waals surface area contributed by atoms with Crippen molar-refractivity contribution in [3.05, 3.63) is 87.7 Å². The average Bonchev–Trinajstić information content (AvgIpc) is 3.44. The summed E-state index contributed by atoms with van der Waals surface area (Å²) in [6, 6.07) is 18.7. The largest absolute Gasteiger partial charge is 0.452 e. The van der Waals surface area contributed by atoms with E-state index in [-0.39, 0.29) is 5.91 Å². The highest BCUT2D eigenvalue weighted by molar-refractivity contribution is 7.10. The molecule has 1 aliphatic heterocycles. The summed E-state index contributed by atoms with van der Waals surface area (Å²) in [5.74, 6) is -1.34. The molecule has 6 rings (SSSR count). The molecule has 8 heteroatoms. The molecule has 3 heterocycles. The Morgan fingerprint density at radius 1 is 1.08 bits per heavy atom. The molecule has 2 aliphatic rings. The van der Waals surface area contributed by atoms with E-state index in [0.717, 1.165) is 34.5 Å². The van der Waals surface area contributed by atoms with Crippen LogP contribution in [0.25, 0.3) is 22.6 Å². The van der Waals surface area contributed by atoms with Gasteiger partial charge in [-0.05, 0) is 80.0 Å². The summed E-state index contributed by atoms with van der Waals surface area (Å²) < 4.78 is 5.69. The van der Waals surface area contributed by atoms with E-state index in [9.17, 15) is 14.4 Å². The van der Waals surface area contributed by atoms with Gasteiger partial charge in [0.1, 0.15) is 5.54 Å². The van der Waals surface area contributed by atoms with Crippen LogP contribution in [0, 0.1) is 0 Å². The lowest BCUT2D eigenvalue weighted by Crippen LogP contribution is -2.59. The number of hydrogen-bond acceptors (Lipinski definition) is 6. The van der Waals surface area contributed by atoms with Crippen LogP contribution in [-0.2, 0) is 20.7 Å². The van der Waals surface area contributed by atoms with Gasteiger partial charge in [0.2, 0.25) is 5.91 Å². The molecule has 0 saturated heterocycles. The summed E-state index contributed by atoms with van der Waals surface area (Å²) in [5, 5.41) is 5.59. The number of anilines is 2. The summed E-state index contributed by atoms with van der Waals surface area (Å²) in [5.41, 5.74) is 3.87. The van der Waals surface area contributed by atoms with Crippen LogP contribution in [0.2, 0.25) is 0 Å². The van der Waals surface area contributed by atoms with Gasteiger partial charge in [0, 0.05) is 10.3 Å². The lowest BCUT2D eigenvalue weighted by atomic mass is 9.86. The van der Waals surface area contributed by atoms with Crippen molar-refractivity contribution in [1.82, 2.24) is 4.98 Å². The topological polar surface area (TPSA) is 88.6 Å². The maximum atomic E-state index is 13.7. The number of allylic oxidation sites excluding steroid dienone is 1. The molecule has 2 aromatic heterocycles. The molecular formula is C31H27N3O4S. The molecule has 0 bridgehead atoms. The molecule has 0 saturated carbocycles. The molecule has 4 aromatic rings. The van der Waals surface area contributed by atoms with Gasteiger partial charge in [-0.15, -0.1) is 11.3 Å². The SMILES string of the molecule is CC1(C)C(=O)Nc2ccccc2N1C(=O)COC(=O)c1c2c(nc3ccccc13)/C(=C\c1cccs1)CCC2. The third kappa shape index (κ3) is 4.40. The minimum Gasteiger partial charge on any atom is -0.452 e. The van der Waals surface area contributed by atoms with E-state index in [0.29, 0.717) is 34.3 Å². The number of carbonyl (C=O) groups excluding carboxylic acids is 3. The second-order valence-corrected chi connectivity index (χ2v) is 11.2. The number of aromatic nitrogens is 1. The van der Waals surface area contributed by atoms with Crippen molar-refractivity contribution >= 4 is 63.0 Å². The van der Waals surface area contributed by atoms with Crippen LogP contribution in [0.3, 0.4) is 0 Å². The summed E-state index contributed by atoms with van der Waals surface area (Å²) in [6.45, 7) is 2.85. The van der Waals surface area contributed by atoms with Crippen molar-refractivity contribution in [1.29, 1.82) is 0 Å². The zero-order chi connectivity index (χ0) is 27.1. The van der Waals surface area contributed by atoms with Gasteiger partial charge in [-0.25, -0.2) is 9.78 Å². The molecule has 196 valence electrons. The molecule has 1 aliphatic carbocycles. The Morgan fingerprint density at radius 2 is 1.87 bits per heavy atom. The van der Waals surface area contributed by atoms with Crippen LogP contribution in [0.1, 0.15) is 53.2 Å². The smallest absolute Gasteiger partial charge is 0.339 e. The number of para-hydroxylation sites is 3. The zero-order valence-corrected chi connectivity index (χ0v) is 22.5. The number of amides is 2. The third-order valence-electron chi connectivity index (χ3n) is 7.32. The Kier molecular flexibility index (Phi) is 6.27. The molecule has 0 unspecified atom stereocenters. The number of pyridine rings is 1. The van der Waals surface area contributed by atoms with Crippen LogP contribution in [-0.4, -0.2) is 34.9 Å².